The van der Waals surface area contributed by atoms with Crippen molar-refractivity contribution in [2.45, 2.75) is 19.4 Å². The van der Waals surface area contributed by atoms with Crippen molar-refractivity contribution in [3.8, 4) is 11.4 Å². The van der Waals surface area contributed by atoms with Crippen molar-refractivity contribution in [3.05, 3.63) is 54.1 Å². The normalized spacial score (nSPS) is 15.0. The number of para-hydroxylation sites is 2. The van der Waals surface area contributed by atoms with Gasteiger partial charge in [-0.25, -0.2) is 4.98 Å². The molecule has 1 fully saturated rings. The summed E-state index contributed by atoms with van der Waals surface area (Å²) in [7, 11) is 0. The largest absolute Gasteiger partial charge is 0.395 e. The molecule has 2 aromatic carbocycles. The SMILES string of the molecule is O=C(NCC1CCOCC1)c1ccc(-c2nc3ccccc3n2CCO)cc1. The number of fused-ring (bicyclic) bond motifs is 1. The molecule has 1 amide bonds. The van der Waals surface area contributed by atoms with Crippen molar-refractivity contribution >= 4 is 16.9 Å². The zero-order valence-corrected chi connectivity index (χ0v) is 15.8. The molecule has 0 bridgehead atoms. The molecule has 1 aliphatic rings. The van der Waals surface area contributed by atoms with Gasteiger partial charge in [-0.05, 0) is 43.0 Å². The summed E-state index contributed by atoms with van der Waals surface area (Å²) in [6.45, 7) is 2.77. The standard InChI is InChI=1S/C22H25N3O3/c26-12-11-25-20-4-2-1-3-19(20)24-21(25)17-5-7-18(8-6-17)22(27)23-15-16-9-13-28-14-10-16/h1-8,16,26H,9-15H2,(H,23,27). The Morgan fingerprint density at radius 3 is 2.64 bits per heavy atom. The molecule has 1 aromatic heterocycles. The number of hydrogen-bond donors (Lipinski definition) is 2. The van der Waals surface area contributed by atoms with E-state index in [4.69, 9.17) is 9.72 Å². The molecular weight excluding hydrogens is 354 g/mol. The van der Waals surface area contributed by atoms with Gasteiger partial charge in [-0.1, -0.05) is 24.3 Å². The number of ether oxygens (including phenoxy) is 1. The van der Waals surface area contributed by atoms with E-state index < -0.39 is 0 Å². The van der Waals surface area contributed by atoms with Crippen LogP contribution in [0.15, 0.2) is 48.5 Å². The quantitative estimate of drug-likeness (QED) is 0.691. The number of rotatable bonds is 6. The molecule has 0 atom stereocenters. The number of imidazole rings is 1. The number of aliphatic hydroxyl groups excluding tert-OH is 1. The van der Waals surface area contributed by atoms with Crippen LogP contribution in [0.3, 0.4) is 0 Å². The van der Waals surface area contributed by atoms with Crippen LogP contribution >= 0.6 is 0 Å². The van der Waals surface area contributed by atoms with Crippen molar-refractivity contribution in [3.63, 3.8) is 0 Å². The number of carbonyl (C=O) groups is 1. The van der Waals surface area contributed by atoms with Gasteiger partial charge < -0.3 is 19.7 Å². The van der Waals surface area contributed by atoms with Gasteiger partial charge in [-0.15, -0.1) is 0 Å². The molecule has 3 aromatic rings. The summed E-state index contributed by atoms with van der Waals surface area (Å²) in [5.41, 5.74) is 3.44. The predicted molar refractivity (Wildman–Crippen MR) is 108 cm³/mol. The summed E-state index contributed by atoms with van der Waals surface area (Å²) < 4.78 is 7.37. The highest BCUT2D eigenvalue weighted by molar-refractivity contribution is 5.94. The van der Waals surface area contributed by atoms with E-state index in [-0.39, 0.29) is 12.5 Å². The smallest absolute Gasteiger partial charge is 0.251 e. The molecule has 0 radical (unpaired) electrons. The Bertz CT molecular complexity index is 943. The van der Waals surface area contributed by atoms with Crippen LogP contribution in [0.2, 0.25) is 0 Å². The summed E-state index contributed by atoms with van der Waals surface area (Å²) in [4.78, 5) is 17.2. The van der Waals surface area contributed by atoms with Crippen LogP contribution in [0.25, 0.3) is 22.4 Å². The van der Waals surface area contributed by atoms with Gasteiger partial charge in [0.05, 0.1) is 17.6 Å². The van der Waals surface area contributed by atoms with E-state index in [1.165, 1.54) is 0 Å². The van der Waals surface area contributed by atoms with Gasteiger partial charge in [0.25, 0.3) is 5.91 Å². The fourth-order valence-corrected chi connectivity index (χ4v) is 3.68. The Kier molecular flexibility index (Phi) is 5.69. The van der Waals surface area contributed by atoms with Crippen LogP contribution in [-0.4, -0.2) is 46.9 Å². The first-order chi connectivity index (χ1) is 13.8. The Balaban J connectivity index is 1.50. The molecule has 6 nitrogen and oxygen atoms in total. The van der Waals surface area contributed by atoms with Crippen LogP contribution in [0.4, 0.5) is 0 Å². The maximum absolute atomic E-state index is 12.4. The number of nitrogens with one attached hydrogen (secondary N) is 1. The Labute approximate surface area is 164 Å². The number of benzene rings is 2. The third kappa shape index (κ3) is 3.93. The summed E-state index contributed by atoms with van der Waals surface area (Å²) in [5, 5.41) is 12.5. The summed E-state index contributed by atoms with van der Waals surface area (Å²) >= 11 is 0. The fourth-order valence-electron chi connectivity index (χ4n) is 3.68. The van der Waals surface area contributed by atoms with Crippen molar-refractivity contribution in [2.75, 3.05) is 26.4 Å². The zero-order chi connectivity index (χ0) is 19.3. The molecule has 2 heterocycles. The lowest BCUT2D eigenvalue weighted by molar-refractivity contribution is 0.0642. The van der Waals surface area contributed by atoms with Gasteiger partial charge in [0, 0.05) is 37.4 Å². The van der Waals surface area contributed by atoms with E-state index in [2.05, 4.69) is 5.32 Å². The highest BCUT2D eigenvalue weighted by atomic mass is 16.5. The second-order valence-electron chi connectivity index (χ2n) is 7.14. The monoisotopic (exact) mass is 379 g/mol. The summed E-state index contributed by atoms with van der Waals surface area (Å²) in [5.74, 6) is 1.24. The van der Waals surface area contributed by atoms with Crippen LogP contribution < -0.4 is 5.32 Å². The zero-order valence-electron chi connectivity index (χ0n) is 15.8. The van der Waals surface area contributed by atoms with Gasteiger partial charge in [0.15, 0.2) is 0 Å². The first-order valence-corrected chi connectivity index (χ1v) is 9.79. The third-order valence-corrected chi connectivity index (χ3v) is 5.28. The lowest BCUT2D eigenvalue weighted by Crippen LogP contribution is -2.32. The molecule has 146 valence electrons. The van der Waals surface area contributed by atoms with Gasteiger partial charge in [0.2, 0.25) is 0 Å². The maximum atomic E-state index is 12.4. The third-order valence-electron chi connectivity index (χ3n) is 5.28. The molecule has 28 heavy (non-hydrogen) atoms. The number of nitrogens with zero attached hydrogens (tertiary/aromatic N) is 2. The molecule has 6 heteroatoms. The second kappa shape index (κ2) is 8.54. The van der Waals surface area contributed by atoms with E-state index in [1.54, 1.807) is 0 Å². The number of aliphatic hydroxyl groups is 1. The number of aromatic nitrogens is 2. The fraction of sp³-hybridized carbons (Fsp3) is 0.364. The van der Waals surface area contributed by atoms with E-state index in [0.717, 1.165) is 48.5 Å². The van der Waals surface area contributed by atoms with Crippen LogP contribution in [-0.2, 0) is 11.3 Å². The number of hydrogen-bond acceptors (Lipinski definition) is 4. The Morgan fingerprint density at radius 2 is 1.89 bits per heavy atom. The molecular formula is C22H25N3O3. The summed E-state index contributed by atoms with van der Waals surface area (Å²) in [6.07, 6.45) is 2.00. The lowest BCUT2D eigenvalue weighted by atomic mass is 10.0. The molecule has 0 aliphatic carbocycles. The molecule has 4 rings (SSSR count). The van der Waals surface area contributed by atoms with E-state index in [9.17, 15) is 9.90 Å². The summed E-state index contributed by atoms with van der Waals surface area (Å²) in [6, 6.07) is 15.4. The minimum Gasteiger partial charge on any atom is -0.395 e. The Morgan fingerprint density at radius 1 is 1.14 bits per heavy atom. The molecule has 0 spiro atoms. The van der Waals surface area contributed by atoms with Crippen molar-refractivity contribution in [2.24, 2.45) is 5.92 Å². The van der Waals surface area contributed by atoms with Crippen molar-refractivity contribution in [1.82, 2.24) is 14.9 Å². The predicted octanol–water partition coefficient (Wildman–Crippen LogP) is 2.85. The topological polar surface area (TPSA) is 76.4 Å². The highest BCUT2D eigenvalue weighted by Gasteiger charge is 2.16. The number of carbonyl (C=O) groups excluding carboxylic acids is 1. The molecule has 1 saturated heterocycles. The van der Waals surface area contributed by atoms with E-state index >= 15 is 0 Å². The van der Waals surface area contributed by atoms with Gasteiger partial charge in [-0.2, -0.15) is 0 Å². The minimum atomic E-state index is -0.0538. The molecule has 2 N–H and O–H groups in total. The average molecular weight is 379 g/mol. The first kappa shape index (κ1) is 18.7. The minimum absolute atomic E-state index is 0.0417. The molecule has 1 aliphatic heterocycles. The van der Waals surface area contributed by atoms with Crippen LogP contribution in [0.5, 0.6) is 0 Å². The maximum Gasteiger partial charge on any atom is 0.251 e. The number of amides is 1. The van der Waals surface area contributed by atoms with Gasteiger partial charge in [-0.3, -0.25) is 4.79 Å². The highest BCUT2D eigenvalue weighted by Crippen LogP contribution is 2.25. The average Bonchev–Trinajstić information content (AvgIpc) is 3.12. The van der Waals surface area contributed by atoms with Crippen LogP contribution in [0.1, 0.15) is 23.2 Å². The Hall–Kier alpha value is -2.70. The molecule has 0 unspecified atom stereocenters. The van der Waals surface area contributed by atoms with Crippen molar-refractivity contribution in [1.29, 1.82) is 0 Å². The lowest BCUT2D eigenvalue weighted by Gasteiger charge is -2.22. The van der Waals surface area contributed by atoms with Gasteiger partial charge in [0.1, 0.15) is 5.82 Å². The van der Waals surface area contributed by atoms with Crippen molar-refractivity contribution < 1.29 is 14.6 Å². The molecule has 0 saturated carbocycles. The second-order valence-corrected chi connectivity index (χ2v) is 7.14. The first-order valence-electron chi connectivity index (χ1n) is 9.79. The van der Waals surface area contributed by atoms with E-state index in [0.29, 0.717) is 24.6 Å². The van der Waals surface area contributed by atoms with Gasteiger partial charge >= 0.3 is 0 Å². The van der Waals surface area contributed by atoms with Crippen LogP contribution in [0, 0.1) is 5.92 Å². The van der Waals surface area contributed by atoms with E-state index in [1.807, 2.05) is 53.1 Å².